The van der Waals surface area contributed by atoms with E-state index in [9.17, 15) is 4.79 Å². The molecule has 1 aliphatic rings. The van der Waals surface area contributed by atoms with Gasteiger partial charge in [-0.3, -0.25) is 0 Å². The summed E-state index contributed by atoms with van der Waals surface area (Å²) in [6.45, 7) is 4.12. The van der Waals surface area contributed by atoms with E-state index >= 15 is 0 Å². The van der Waals surface area contributed by atoms with Crippen molar-refractivity contribution in [2.75, 3.05) is 11.9 Å². The Labute approximate surface area is 155 Å². The predicted octanol–water partition coefficient (Wildman–Crippen LogP) is 4.46. The lowest BCUT2D eigenvalue weighted by Crippen LogP contribution is -2.52. The molecule has 0 bridgehead atoms. The molecule has 1 fully saturated rings. The third-order valence-corrected chi connectivity index (χ3v) is 4.64. The molecule has 0 unspecified atom stereocenters. The first-order valence-corrected chi connectivity index (χ1v) is 8.93. The molecule has 0 radical (unpaired) electrons. The summed E-state index contributed by atoms with van der Waals surface area (Å²) < 4.78 is 12.6. The van der Waals surface area contributed by atoms with Crippen molar-refractivity contribution >= 4 is 27.6 Å². The first-order valence-electron chi connectivity index (χ1n) is 8.13. The molecular weight excluding hydrogens is 384 g/mol. The van der Waals surface area contributed by atoms with Gasteiger partial charge in [-0.1, -0.05) is 42.5 Å². The smallest absolute Gasteiger partial charge is 0.319 e. The van der Waals surface area contributed by atoms with Gasteiger partial charge in [-0.25, -0.2) is 4.79 Å². The van der Waals surface area contributed by atoms with Gasteiger partial charge in [-0.15, -0.1) is 0 Å². The molecule has 1 saturated heterocycles. The van der Waals surface area contributed by atoms with Crippen LogP contribution >= 0.6 is 15.9 Å². The standard InChI is InChI=1S/C19H21BrN2O3/c1-19(2)24-12-16(17(25-19)13-8-4-3-5-9-13)22-18(23)21-15-11-7-6-10-14(15)20/h3-11,16-17H,12H2,1-2H3,(H2,21,22,23)/t16-,17+/m0/s1. The van der Waals surface area contributed by atoms with Gasteiger partial charge in [0, 0.05) is 4.47 Å². The maximum atomic E-state index is 12.4. The van der Waals surface area contributed by atoms with Gasteiger partial charge in [-0.2, -0.15) is 0 Å². The van der Waals surface area contributed by atoms with Crippen molar-refractivity contribution in [3.63, 3.8) is 0 Å². The fourth-order valence-corrected chi connectivity index (χ4v) is 3.13. The lowest BCUT2D eigenvalue weighted by molar-refractivity contribution is -0.284. The van der Waals surface area contributed by atoms with Crippen LogP contribution in [0.25, 0.3) is 0 Å². The largest absolute Gasteiger partial charge is 0.348 e. The Hall–Kier alpha value is -1.89. The van der Waals surface area contributed by atoms with Crippen LogP contribution in [0.4, 0.5) is 10.5 Å². The molecule has 2 aromatic rings. The van der Waals surface area contributed by atoms with Crippen molar-refractivity contribution < 1.29 is 14.3 Å². The normalized spacial score (nSPS) is 22.2. The van der Waals surface area contributed by atoms with Crippen molar-refractivity contribution in [3.05, 3.63) is 64.6 Å². The Morgan fingerprint density at radius 2 is 1.80 bits per heavy atom. The van der Waals surface area contributed by atoms with Crippen LogP contribution in [0.2, 0.25) is 0 Å². The Morgan fingerprint density at radius 3 is 2.52 bits per heavy atom. The molecular formula is C19H21BrN2O3. The summed E-state index contributed by atoms with van der Waals surface area (Å²) in [5.41, 5.74) is 1.71. The first-order chi connectivity index (χ1) is 11.9. The van der Waals surface area contributed by atoms with Gasteiger partial charge in [0.1, 0.15) is 6.10 Å². The van der Waals surface area contributed by atoms with Gasteiger partial charge in [-0.05, 0) is 47.5 Å². The van der Waals surface area contributed by atoms with Gasteiger partial charge in [0.2, 0.25) is 0 Å². The van der Waals surface area contributed by atoms with Gasteiger partial charge in [0.05, 0.1) is 18.3 Å². The molecule has 0 spiro atoms. The number of anilines is 1. The monoisotopic (exact) mass is 404 g/mol. The summed E-state index contributed by atoms with van der Waals surface area (Å²) in [6, 6.07) is 16.7. The summed E-state index contributed by atoms with van der Waals surface area (Å²) >= 11 is 3.42. The average Bonchev–Trinajstić information content (AvgIpc) is 2.59. The van der Waals surface area contributed by atoms with Crippen LogP contribution in [-0.2, 0) is 9.47 Å². The number of halogens is 1. The Balaban J connectivity index is 1.73. The molecule has 0 aliphatic carbocycles. The summed E-state index contributed by atoms with van der Waals surface area (Å²) in [5, 5.41) is 5.80. The number of carbonyl (C=O) groups is 1. The van der Waals surface area contributed by atoms with Gasteiger partial charge < -0.3 is 20.1 Å². The van der Waals surface area contributed by atoms with Gasteiger partial charge in [0.15, 0.2) is 5.79 Å². The lowest BCUT2D eigenvalue weighted by Gasteiger charge is -2.41. The zero-order valence-corrected chi connectivity index (χ0v) is 15.7. The highest BCUT2D eigenvalue weighted by Crippen LogP contribution is 2.33. The number of ether oxygens (including phenoxy) is 2. The van der Waals surface area contributed by atoms with Crippen molar-refractivity contribution in [1.29, 1.82) is 0 Å². The number of para-hydroxylation sites is 1. The minimum absolute atomic E-state index is 0.282. The van der Waals surface area contributed by atoms with Crippen LogP contribution in [0.3, 0.4) is 0 Å². The fourth-order valence-electron chi connectivity index (χ4n) is 2.75. The Bertz CT molecular complexity index is 736. The van der Waals surface area contributed by atoms with Crippen LogP contribution < -0.4 is 10.6 Å². The molecule has 0 aromatic heterocycles. The number of amides is 2. The van der Waals surface area contributed by atoms with E-state index in [0.717, 1.165) is 10.0 Å². The topological polar surface area (TPSA) is 59.6 Å². The molecule has 132 valence electrons. The minimum atomic E-state index is -0.697. The summed E-state index contributed by atoms with van der Waals surface area (Å²) in [7, 11) is 0. The molecule has 6 heteroatoms. The molecule has 2 N–H and O–H groups in total. The van der Waals surface area contributed by atoms with Crippen molar-refractivity contribution in [2.24, 2.45) is 0 Å². The minimum Gasteiger partial charge on any atom is -0.348 e. The second-order valence-electron chi connectivity index (χ2n) is 6.34. The third kappa shape index (κ3) is 4.60. The number of nitrogens with one attached hydrogen (secondary N) is 2. The van der Waals surface area contributed by atoms with E-state index in [1.807, 2.05) is 68.4 Å². The van der Waals surface area contributed by atoms with Crippen LogP contribution in [0.15, 0.2) is 59.1 Å². The molecule has 2 amide bonds. The number of hydrogen-bond acceptors (Lipinski definition) is 3. The van der Waals surface area contributed by atoms with Crippen LogP contribution in [0.1, 0.15) is 25.5 Å². The van der Waals surface area contributed by atoms with Crippen molar-refractivity contribution in [2.45, 2.75) is 31.8 Å². The van der Waals surface area contributed by atoms with E-state index in [4.69, 9.17) is 9.47 Å². The second-order valence-corrected chi connectivity index (χ2v) is 7.20. The maximum Gasteiger partial charge on any atom is 0.319 e. The molecule has 2 atom stereocenters. The van der Waals surface area contributed by atoms with Crippen LogP contribution in [0.5, 0.6) is 0 Å². The molecule has 0 saturated carbocycles. The molecule has 1 heterocycles. The van der Waals surface area contributed by atoms with E-state index in [0.29, 0.717) is 12.3 Å². The molecule has 25 heavy (non-hydrogen) atoms. The van der Waals surface area contributed by atoms with Crippen LogP contribution in [0, 0.1) is 0 Å². The maximum absolute atomic E-state index is 12.4. The summed E-state index contributed by atoms with van der Waals surface area (Å²) in [4.78, 5) is 12.4. The quantitative estimate of drug-likeness (QED) is 0.793. The first kappa shape index (κ1) is 17.9. The fraction of sp³-hybridized carbons (Fsp3) is 0.316. The van der Waals surface area contributed by atoms with E-state index in [1.54, 1.807) is 0 Å². The predicted molar refractivity (Wildman–Crippen MR) is 100 cm³/mol. The van der Waals surface area contributed by atoms with E-state index in [-0.39, 0.29) is 18.2 Å². The number of carbonyl (C=O) groups excluding carboxylic acids is 1. The zero-order chi connectivity index (χ0) is 17.9. The highest BCUT2D eigenvalue weighted by molar-refractivity contribution is 9.10. The van der Waals surface area contributed by atoms with Crippen LogP contribution in [-0.4, -0.2) is 24.5 Å². The number of urea groups is 1. The number of rotatable bonds is 3. The number of hydrogen-bond donors (Lipinski definition) is 2. The molecule has 1 aliphatic heterocycles. The average molecular weight is 405 g/mol. The third-order valence-electron chi connectivity index (χ3n) is 3.95. The van der Waals surface area contributed by atoms with E-state index in [2.05, 4.69) is 26.6 Å². The molecule has 3 rings (SSSR count). The van der Waals surface area contributed by atoms with Gasteiger partial charge in [0.25, 0.3) is 0 Å². The molecule has 2 aromatic carbocycles. The lowest BCUT2D eigenvalue weighted by atomic mass is 10.0. The SMILES string of the molecule is CC1(C)OC[C@H](NC(=O)Nc2ccccc2Br)[C@@H](c2ccccc2)O1. The Kier molecular flexibility index (Phi) is 5.42. The number of benzene rings is 2. The second kappa shape index (κ2) is 7.56. The highest BCUT2D eigenvalue weighted by Gasteiger charge is 2.38. The molecule has 5 nitrogen and oxygen atoms in total. The Morgan fingerprint density at radius 1 is 1.12 bits per heavy atom. The summed E-state index contributed by atoms with van der Waals surface area (Å²) in [6.07, 6.45) is -0.282. The zero-order valence-electron chi connectivity index (χ0n) is 14.2. The summed E-state index contributed by atoms with van der Waals surface area (Å²) in [5.74, 6) is -0.697. The van der Waals surface area contributed by atoms with E-state index < -0.39 is 5.79 Å². The van der Waals surface area contributed by atoms with Crippen molar-refractivity contribution in [1.82, 2.24) is 5.32 Å². The van der Waals surface area contributed by atoms with Crippen molar-refractivity contribution in [3.8, 4) is 0 Å². The highest BCUT2D eigenvalue weighted by atomic mass is 79.9. The van der Waals surface area contributed by atoms with Gasteiger partial charge >= 0.3 is 6.03 Å². The van der Waals surface area contributed by atoms with E-state index in [1.165, 1.54) is 0 Å².